The molecule has 0 radical (unpaired) electrons. The Bertz CT molecular complexity index is 220. The van der Waals surface area contributed by atoms with E-state index in [2.05, 4.69) is 13.6 Å². The molecule has 0 aliphatic heterocycles. The predicted molar refractivity (Wildman–Crippen MR) is 44.4 cm³/mol. The zero-order valence-electron chi connectivity index (χ0n) is 7.84. The molecule has 1 N–H and O–H groups in total. The van der Waals surface area contributed by atoms with Crippen LogP contribution in [0, 0.1) is 0 Å². The molecular weight excluding hydrogens is 215 g/mol. The fraction of sp³-hybridized carbons (Fsp3) is 0.500. The van der Waals surface area contributed by atoms with E-state index in [0.29, 0.717) is 0 Å². The second kappa shape index (κ2) is 4.88. The number of carbonyl (C=O) groups is 3. The van der Waals surface area contributed by atoms with Gasteiger partial charge in [0.15, 0.2) is 0 Å². The highest BCUT2D eigenvalue weighted by atomic mass is 31.2. The first kappa shape index (κ1) is 12.8. The van der Waals surface area contributed by atoms with Crippen molar-refractivity contribution in [3.63, 3.8) is 0 Å². The van der Waals surface area contributed by atoms with Gasteiger partial charge in [0.1, 0.15) is 0 Å². The Balaban J connectivity index is 4.56. The number of hydrogen-bond acceptors (Lipinski definition) is 7. The summed E-state index contributed by atoms with van der Waals surface area (Å²) < 4.78 is 12.6. The van der Waals surface area contributed by atoms with E-state index in [1.165, 1.54) is 0 Å². The number of hydrogen-bond donors (Lipinski definition) is 1. The molecule has 0 aliphatic carbocycles. The molecule has 0 aromatic carbocycles. The van der Waals surface area contributed by atoms with Gasteiger partial charge in [-0.05, 0) is 0 Å². The topological polar surface area (TPSA) is 99.1 Å². The smallest absolute Gasteiger partial charge is 0.247 e. The molecule has 0 saturated carbocycles. The summed E-state index contributed by atoms with van der Waals surface area (Å²) in [6, 6.07) is 0. The number of carbonyl (C=O) groups excluding carboxylic acids is 3. The molecular formula is C6H10O7P+. The summed E-state index contributed by atoms with van der Waals surface area (Å²) in [5.74, 6) is -2.78. The Morgan fingerprint density at radius 2 is 1.07 bits per heavy atom. The molecule has 0 bridgehead atoms. The minimum Gasteiger partial charge on any atom is -0.247 e. The highest BCUT2D eigenvalue weighted by molar-refractivity contribution is 7.57. The molecule has 0 rings (SSSR count). The minimum absolute atomic E-state index is 0.927. The lowest BCUT2D eigenvalue weighted by Crippen LogP contribution is -2.14. The van der Waals surface area contributed by atoms with Gasteiger partial charge in [0, 0.05) is 20.8 Å². The van der Waals surface area contributed by atoms with Crippen molar-refractivity contribution < 1.29 is 32.8 Å². The predicted octanol–water partition coefficient (Wildman–Crippen LogP) is 0.346. The maximum absolute atomic E-state index is 10.5. The zero-order valence-corrected chi connectivity index (χ0v) is 8.74. The van der Waals surface area contributed by atoms with Gasteiger partial charge in [-0.1, -0.05) is 0 Å². The van der Waals surface area contributed by atoms with Crippen LogP contribution in [0.4, 0.5) is 0 Å². The van der Waals surface area contributed by atoms with Crippen molar-refractivity contribution in [3.05, 3.63) is 0 Å². The van der Waals surface area contributed by atoms with Gasteiger partial charge in [-0.25, -0.2) is 28.0 Å². The highest BCUT2D eigenvalue weighted by Crippen LogP contribution is 2.58. The van der Waals surface area contributed by atoms with Crippen LogP contribution >= 0.6 is 8.17 Å². The van der Waals surface area contributed by atoms with Crippen molar-refractivity contribution in [3.8, 4) is 0 Å². The molecule has 8 heteroatoms. The lowest BCUT2D eigenvalue weighted by Gasteiger charge is -2.09. The SMILES string of the molecule is CC(=O)O[P+](O)(OC(C)=O)OC(C)=O. The molecule has 0 spiro atoms. The fourth-order valence-corrected chi connectivity index (χ4v) is 1.63. The van der Waals surface area contributed by atoms with E-state index in [4.69, 9.17) is 0 Å². The van der Waals surface area contributed by atoms with Crippen LogP contribution < -0.4 is 0 Å². The van der Waals surface area contributed by atoms with Gasteiger partial charge in [-0.3, -0.25) is 0 Å². The van der Waals surface area contributed by atoms with Crippen LogP contribution in [-0.2, 0) is 28.0 Å². The molecule has 14 heavy (non-hydrogen) atoms. The standard InChI is InChI=1S/C6H10O7P/c1-4(7)11-14(10,12-5(2)8)13-6(3)9/h10H,1-3H3/q+1. The average molecular weight is 225 g/mol. The van der Waals surface area contributed by atoms with Crippen LogP contribution in [0.25, 0.3) is 0 Å². The summed E-state index contributed by atoms with van der Waals surface area (Å²) in [6.45, 7) is 2.91. The molecule has 0 amide bonds. The van der Waals surface area contributed by atoms with E-state index < -0.39 is 26.1 Å². The van der Waals surface area contributed by atoms with E-state index >= 15 is 0 Å². The minimum atomic E-state index is -4.19. The van der Waals surface area contributed by atoms with E-state index in [0.717, 1.165) is 20.8 Å². The monoisotopic (exact) mass is 225 g/mol. The van der Waals surface area contributed by atoms with Crippen LogP contribution in [0.5, 0.6) is 0 Å². The first-order valence-electron chi connectivity index (χ1n) is 3.47. The van der Waals surface area contributed by atoms with Gasteiger partial charge in [0.2, 0.25) is 0 Å². The maximum atomic E-state index is 10.5. The number of rotatable bonds is 3. The van der Waals surface area contributed by atoms with Crippen molar-refractivity contribution in [1.29, 1.82) is 0 Å². The molecule has 0 aliphatic rings. The zero-order chi connectivity index (χ0) is 11.4. The lowest BCUT2D eigenvalue weighted by atomic mass is 10.9. The van der Waals surface area contributed by atoms with E-state index in [9.17, 15) is 19.3 Å². The van der Waals surface area contributed by atoms with Crippen molar-refractivity contribution in [2.45, 2.75) is 20.8 Å². The average Bonchev–Trinajstić information content (AvgIpc) is 1.76. The Morgan fingerprint density at radius 3 is 1.21 bits per heavy atom. The molecule has 0 saturated heterocycles. The first-order valence-corrected chi connectivity index (χ1v) is 4.97. The summed E-state index contributed by atoms with van der Waals surface area (Å²) in [7, 11) is -4.19. The second-order valence-electron chi connectivity index (χ2n) is 2.22. The van der Waals surface area contributed by atoms with E-state index in [1.54, 1.807) is 0 Å². The van der Waals surface area contributed by atoms with Crippen molar-refractivity contribution in [2.24, 2.45) is 0 Å². The van der Waals surface area contributed by atoms with Crippen molar-refractivity contribution in [2.75, 3.05) is 0 Å². The first-order chi connectivity index (χ1) is 6.25. The molecule has 80 valence electrons. The Labute approximate surface area is 80.6 Å². The Morgan fingerprint density at radius 1 is 0.857 bits per heavy atom. The van der Waals surface area contributed by atoms with Crippen LogP contribution in [0.2, 0.25) is 0 Å². The molecule has 0 aromatic rings. The summed E-state index contributed by atoms with van der Waals surface area (Å²) in [5, 5.41) is 0. The summed E-state index contributed by atoms with van der Waals surface area (Å²) in [5.41, 5.74) is 0. The Hall–Kier alpha value is -1.20. The van der Waals surface area contributed by atoms with Crippen LogP contribution in [0.3, 0.4) is 0 Å². The molecule has 0 unspecified atom stereocenters. The summed E-state index contributed by atoms with van der Waals surface area (Å²) in [4.78, 5) is 40.8. The van der Waals surface area contributed by atoms with Crippen molar-refractivity contribution in [1.82, 2.24) is 0 Å². The summed E-state index contributed by atoms with van der Waals surface area (Å²) >= 11 is 0. The molecule has 0 fully saturated rings. The lowest BCUT2D eigenvalue weighted by molar-refractivity contribution is -0.143. The molecule has 7 nitrogen and oxygen atoms in total. The van der Waals surface area contributed by atoms with Crippen LogP contribution in [-0.4, -0.2) is 22.8 Å². The van der Waals surface area contributed by atoms with E-state index in [1.807, 2.05) is 0 Å². The van der Waals surface area contributed by atoms with Crippen molar-refractivity contribution >= 4 is 26.1 Å². The second-order valence-corrected chi connectivity index (χ2v) is 3.70. The molecule has 0 atom stereocenters. The van der Waals surface area contributed by atoms with Gasteiger partial charge in [-0.15, -0.1) is 4.89 Å². The summed E-state index contributed by atoms with van der Waals surface area (Å²) in [6.07, 6.45) is 0. The molecule has 0 aromatic heterocycles. The maximum Gasteiger partial charge on any atom is 0.723 e. The van der Waals surface area contributed by atoms with Crippen LogP contribution in [0.15, 0.2) is 0 Å². The van der Waals surface area contributed by atoms with Gasteiger partial charge in [0.05, 0.1) is 0 Å². The van der Waals surface area contributed by atoms with E-state index in [-0.39, 0.29) is 0 Å². The van der Waals surface area contributed by atoms with Gasteiger partial charge in [-0.2, -0.15) is 0 Å². The largest absolute Gasteiger partial charge is 0.723 e. The van der Waals surface area contributed by atoms with Gasteiger partial charge < -0.3 is 0 Å². The molecule has 0 heterocycles. The third kappa shape index (κ3) is 5.45. The third-order valence-electron chi connectivity index (χ3n) is 0.732. The third-order valence-corrected chi connectivity index (χ3v) is 2.20. The fourth-order valence-electron chi connectivity index (χ4n) is 0.543. The Kier molecular flexibility index (Phi) is 4.46. The van der Waals surface area contributed by atoms with Gasteiger partial charge >= 0.3 is 26.1 Å². The van der Waals surface area contributed by atoms with Gasteiger partial charge in [0.25, 0.3) is 0 Å². The highest BCUT2D eigenvalue weighted by Gasteiger charge is 2.53. The normalized spacial score (nSPS) is 10.3. The quantitative estimate of drug-likeness (QED) is 0.691. The van der Waals surface area contributed by atoms with Crippen LogP contribution in [0.1, 0.15) is 20.8 Å².